The molecule has 2 heterocycles. The van der Waals surface area contributed by atoms with Gasteiger partial charge in [0.2, 0.25) is 5.88 Å². The molecule has 1 aromatic heterocycles. The molecule has 168 valence electrons. The highest BCUT2D eigenvalue weighted by atomic mass is 32.2. The number of hydrogen-bond acceptors (Lipinski definition) is 7. The summed E-state index contributed by atoms with van der Waals surface area (Å²) in [4.78, 5) is 24.5. The van der Waals surface area contributed by atoms with E-state index in [1.807, 2.05) is 0 Å². The third kappa shape index (κ3) is 4.50. The zero-order chi connectivity index (χ0) is 23.5. The molecule has 0 saturated heterocycles. The number of benzene rings is 1. The van der Waals surface area contributed by atoms with Crippen LogP contribution >= 0.6 is 11.8 Å². The molecule has 0 aliphatic carbocycles. The Morgan fingerprint density at radius 3 is 2.72 bits per heavy atom. The van der Waals surface area contributed by atoms with Crippen molar-refractivity contribution in [1.82, 2.24) is 9.97 Å². The van der Waals surface area contributed by atoms with Crippen molar-refractivity contribution in [3.05, 3.63) is 47.4 Å². The SMILES string of the molecule is C#CCOc1cnc(C(=O)Nc2cc(F)c(F)c([C@@]3(CF)N=C(N)S[C@@H](C)[C@H]3C)c2)cn1. The second kappa shape index (κ2) is 9.48. The van der Waals surface area contributed by atoms with Gasteiger partial charge in [0.25, 0.3) is 5.91 Å². The minimum atomic E-state index is -1.73. The number of ether oxygens (including phenoxy) is 1. The van der Waals surface area contributed by atoms with E-state index in [2.05, 4.69) is 26.2 Å². The van der Waals surface area contributed by atoms with E-state index >= 15 is 0 Å². The van der Waals surface area contributed by atoms with Gasteiger partial charge < -0.3 is 15.8 Å². The van der Waals surface area contributed by atoms with Gasteiger partial charge in [-0.3, -0.25) is 4.79 Å². The number of rotatable bonds is 6. The number of aromatic nitrogens is 2. The van der Waals surface area contributed by atoms with E-state index in [-0.39, 0.29) is 39.8 Å². The van der Waals surface area contributed by atoms with Gasteiger partial charge in [-0.25, -0.2) is 28.1 Å². The van der Waals surface area contributed by atoms with Crippen molar-refractivity contribution in [2.45, 2.75) is 24.6 Å². The lowest BCUT2D eigenvalue weighted by atomic mass is 9.78. The van der Waals surface area contributed by atoms with E-state index in [4.69, 9.17) is 16.9 Å². The van der Waals surface area contributed by atoms with Crippen LogP contribution in [0.2, 0.25) is 0 Å². The van der Waals surface area contributed by atoms with Gasteiger partial charge in [0, 0.05) is 28.5 Å². The van der Waals surface area contributed by atoms with E-state index < -0.39 is 35.7 Å². The maximum absolute atomic E-state index is 14.8. The number of terminal acetylenes is 1. The summed E-state index contributed by atoms with van der Waals surface area (Å²) < 4.78 is 48.7. The Morgan fingerprint density at radius 1 is 1.34 bits per heavy atom. The number of amides is 1. The van der Waals surface area contributed by atoms with Gasteiger partial charge in [0.05, 0.1) is 12.4 Å². The Balaban J connectivity index is 1.94. The molecule has 0 unspecified atom stereocenters. The summed E-state index contributed by atoms with van der Waals surface area (Å²) in [5.74, 6) is -1.38. The van der Waals surface area contributed by atoms with Gasteiger partial charge >= 0.3 is 0 Å². The first-order chi connectivity index (χ1) is 15.2. The molecule has 3 rings (SSSR count). The number of thioether (sulfide) groups is 1. The van der Waals surface area contributed by atoms with Crippen LogP contribution in [-0.2, 0) is 5.54 Å². The van der Waals surface area contributed by atoms with E-state index in [1.165, 1.54) is 18.0 Å². The highest BCUT2D eigenvalue weighted by molar-refractivity contribution is 8.14. The Labute approximate surface area is 187 Å². The van der Waals surface area contributed by atoms with Crippen molar-refractivity contribution >= 4 is 28.5 Å². The smallest absolute Gasteiger partial charge is 0.275 e. The molecule has 3 atom stereocenters. The van der Waals surface area contributed by atoms with Gasteiger partial charge in [-0.05, 0) is 6.07 Å². The first-order valence-electron chi connectivity index (χ1n) is 9.49. The molecule has 3 N–H and O–H groups in total. The number of halogens is 3. The van der Waals surface area contributed by atoms with Crippen LogP contribution in [0, 0.1) is 29.9 Å². The van der Waals surface area contributed by atoms with Crippen molar-refractivity contribution in [3.63, 3.8) is 0 Å². The lowest BCUT2D eigenvalue weighted by Crippen LogP contribution is -2.45. The number of nitrogens with zero attached hydrogens (tertiary/aromatic N) is 3. The molecule has 1 amide bonds. The third-order valence-electron chi connectivity index (χ3n) is 5.19. The standard InChI is InChI=1S/C21H20F3N5O2S/c1-4-5-31-17-9-26-16(8-27-17)19(30)28-13-6-14(18(24)15(23)7-13)21(10-22)11(2)12(3)32-20(25)29-21/h1,6-9,11-12H,5,10H2,2-3H3,(H2,25,29)(H,28,30)/t11-,12+,21+/m1/s1. The molecule has 0 bridgehead atoms. The first kappa shape index (κ1) is 23.4. The molecule has 0 radical (unpaired) electrons. The molecular weight excluding hydrogens is 443 g/mol. The lowest BCUT2D eigenvalue weighted by molar-refractivity contribution is 0.102. The van der Waals surface area contributed by atoms with Gasteiger partial charge in [-0.15, -0.1) is 6.42 Å². The van der Waals surface area contributed by atoms with Crippen LogP contribution in [0.1, 0.15) is 29.9 Å². The number of anilines is 1. The van der Waals surface area contributed by atoms with Crippen molar-refractivity contribution < 1.29 is 22.7 Å². The lowest BCUT2D eigenvalue weighted by Gasteiger charge is -2.40. The number of nitrogens with two attached hydrogens (primary N) is 1. The van der Waals surface area contributed by atoms with Crippen LogP contribution < -0.4 is 15.8 Å². The number of nitrogens with one attached hydrogen (secondary N) is 1. The van der Waals surface area contributed by atoms with E-state index in [0.717, 1.165) is 18.3 Å². The predicted molar refractivity (Wildman–Crippen MR) is 116 cm³/mol. The van der Waals surface area contributed by atoms with Crippen molar-refractivity contribution in [2.24, 2.45) is 16.6 Å². The number of carbonyl (C=O) groups excluding carboxylic acids is 1. The molecule has 1 aromatic carbocycles. The number of alkyl halides is 1. The normalized spacial score (nSPS) is 22.6. The average Bonchev–Trinajstić information content (AvgIpc) is 2.77. The van der Waals surface area contributed by atoms with Crippen LogP contribution in [0.5, 0.6) is 5.88 Å². The number of amidine groups is 1. The van der Waals surface area contributed by atoms with E-state index in [9.17, 15) is 18.0 Å². The highest BCUT2D eigenvalue weighted by Gasteiger charge is 2.46. The van der Waals surface area contributed by atoms with Gasteiger partial charge in [0.15, 0.2) is 23.4 Å². The summed E-state index contributed by atoms with van der Waals surface area (Å²) in [6.07, 6.45) is 7.42. The largest absolute Gasteiger partial charge is 0.463 e. The Morgan fingerprint density at radius 2 is 2.09 bits per heavy atom. The summed E-state index contributed by atoms with van der Waals surface area (Å²) in [7, 11) is 0. The Kier molecular flexibility index (Phi) is 6.93. The van der Waals surface area contributed by atoms with Crippen LogP contribution in [-0.4, -0.2) is 39.6 Å². The molecule has 2 aromatic rings. The van der Waals surface area contributed by atoms with Crippen molar-refractivity contribution in [3.8, 4) is 18.2 Å². The van der Waals surface area contributed by atoms with E-state index in [0.29, 0.717) is 0 Å². The van der Waals surface area contributed by atoms with Crippen LogP contribution in [0.15, 0.2) is 29.5 Å². The fraction of sp³-hybridized carbons (Fsp3) is 0.333. The zero-order valence-corrected chi connectivity index (χ0v) is 18.0. The summed E-state index contributed by atoms with van der Waals surface area (Å²) >= 11 is 1.23. The molecule has 0 saturated carbocycles. The van der Waals surface area contributed by atoms with Crippen LogP contribution in [0.3, 0.4) is 0 Å². The second-order valence-electron chi connectivity index (χ2n) is 7.13. The molecule has 32 heavy (non-hydrogen) atoms. The summed E-state index contributed by atoms with van der Waals surface area (Å²) in [5, 5.41) is 2.29. The fourth-order valence-electron chi connectivity index (χ4n) is 3.33. The molecule has 1 aliphatic heterocycles. The predicted octanol–water partition coefficient (Wildman–Crippen LogP) is 3.27. The van der Waals surface area contributed by atoms with Gasteiger partial charge in [-0.2, -0.15) is 0 Å². The molecule has 1 aliphatic rings. The molecule has 11 heteroatoms. The topological polar surface area (TPSA) is 102 Å². The maximum Gasteiger partial charge on any atom is 0.275 e. The molecule has 0 spiro atoms. The van der Waals surface area contributed by atoms with Crippen LogP contribution in [0.25, 0.3) is 0 Å². The molecule has 7 nitrogen and oxygen atoms in total. The van der Waals surface area contributed by atoms with E-state index in [1.54, 1.807) is 13.8 Å². The minimum Gasteiger partial charge on any atom is -0.463 e. The second-order valence-corrected chi connectivity index (χ2v) is 8.52. The van der Waals surface area contributed by atoms with Crippen molar-refractivity contribution in [2.75, 3.05) is 18.6 Å². The summed E-state index contributed by atoms with van der Waals surface area (Å²) in [6, 6.07) is 1.95. The van der Waals surface area contributed by atoms with Gasteiger partial charge in [-0.1, -0.05) is 31.5 Å². The Bertz CT molecular complexity index is 1090. The van der Waals surface area contributed by atoms with Crippen LogP contribution in [0.4, 0.5) is 18.9 Å². The quantitative estimate of drug-likeness (QED) is 0.638. The highest BCUT2D eigenvalue weighted by Crippen LogP contribution is 2.45. The fourth-order valence-corrected chi connectivity index (χ4v) is 4.36. The molecule has 0 fully saturated rings. The molecular formula is C21H20F3N5O2S. The zero-order valence-electron chi connectivity index (χ0n) is 17.2. The summed E-state index contributed by atoms with van der Waals surface area (Å²) in [6.45, 7) is 2.38. The van der Waals surface area contributed by atoms with Crippen molar-refractivity contribution in [1.29, 1.82) is 0 Å². The maximum atomic E-state index is 14.8. The minimum absolute atomic E-state index is 0.0171. The number of hydrogen-bond donors (Lipinski definition) is 2. The monoisotopic (exact) mass is 463 g/mol. The summed E-state index contributed by atoms with van der Waals surface area (Å²) in [5.41, 5.74) is 3.56. The average molecular weight is 463 g/mol. The van der Waals surface area contributed by atoms with Gasteiger partial charge in [0.1, 0.15) is 17.9 Å². The number of aliphatic imine (C=N–C) groups is 1. The Hall–Kier alpha value is -3.26. The third-order valence-corrected chi connectivity index (χ3v) is 6.31. The first-order valence-corrected chi connectivity index (χ1v) is 10.4. The number of carbonyl (C=O) groups is 1.